The van der Waals surface area contributed by atoms with Crippen molar-refractivity contribution in [3.63, 3.8) is 0 Å². The lowest BCUT2D eigenvalue weighted by molar-refractivity contribution is -0.136. The second-order valence-electron chi connectivity index (χ2n) is 4.23. The maximum Gasteiger partial charge on any atom is 0.319 e. The minimum Gasteiger partial charge on any atom is -0.480 e. The molecule has 0 saturated carbocycles. The van der Waals surface area contributed by atoms with Crippen LogP contribution >= 0.6 is 0 Å². The molecule has 3 nitrogen and oxygen atoms in total. The lowest BCUT2D eigenvalue weighted by Crippen LogP contribution is -2.30. The molecular formula is C13H18O3S. The molecule has 0 aromatic heterocycles. The number of rotatable bonds is 6. The van der Waals surface area contributed by atoms with E-state index in [0.29, 0.717) is 12.8 Å². The molecule has 0 bridgehead atoms. The highest BCUT2D eigenvalue weighted by Crippen LogP contribution is 2.12. The number of hydrogen-bond acceptors (Lipinski definition) is 2. The summed E-state index contributed by atoms with van der Waals surface area (Å²) < 4.78 is 11.8. The molecule has 1 rings (SSSR count). The fourth-order valence-electron chi connectivity index (χ4n) is 1.61. The van der Waals surface area contributed by atoms with Crippen molar-refractivity contribution in [2.45, 2.75) is 37.2 Å². The molecule has 0 fully saturated rings. The van der Waals surface area contributed by atoms with Crippen LogP contribution in [0.5, 0.6) is 0 Å². The standard InChI is InChI=1S/C13H18O3S/c1-10(2)17(16)12(13(14)15)9-8-11-6-4-3-5-7-11/h3-7,10,12H,8-9H2,1-2H3,(H,14,15). The average molecular weight is 254 g/mol. The van der Waals surface area contributed by atoms with E-state index in [4.69, 9.17) is 5.11 Å². The summed E-state index contributed by atoms with van der Waals surface area (Å²) >= 11 is 0. The van der Waals surface area contributed by atoms with Crippen LogP contribution in [0, 0.1) is 0 Å². The molecule has 94 valence electrons. The number of carbonyl (C=O) groups is 1. The lowest BCUT2D eigenvalue weighted by Gasteiger charge is -2.14. The van der Waals surface area contributed by atoms with Crippen molar-refractivity contribution in [1.29, 1.82) is 0 Å². The predicted octanol–water partition coefficient (Wildman–Crippen LogP) is 2.23. The maximum absolute atomic E-state index is 11.8. The zero-order valence-corrected chi connectivity index (χ0v) is 10.9. The molecule has 1 aromatic rings. The van der Waals surface area contributed by atoms with Gasteiger partial charge in [-0.15, -0.1) is 0 Å². The van der Waals surface area contributed by atoms with E-state index in [1.54, 1.807) is 13.8 Å². The molecule has 0 aliphatic rings. The number of carboxylic acids is 1. The van der Waals surface area contributed by atoms with Crippen LogP contribution in [-0.2, 0) is 22.0 Å². The number of aliphatic carboxylic acids is 1. The fraction of sp³-hybridized carbons (Fsp3) is 0.462. The number of hydrogen-bond donors (Lipinski definition) is 1. The van der Waals surface area contributed by atoms with E-state index in [0.717, 1.165) is 5.56 Å². The molecule has 0 amide bonds. The van der Waals surface area contributed by atoms with E-state index in [1.807, 2.05) is 30.3 Å². The summed E-state index contributed by atoms with van der Waals surface area (Å²) in [6.45, 7) is 3.57. The molecule has 0 saturated heterocycles. The second-order valence-corrected chi connectivity index (χ2v) is 6.40. The van der Waals surface area contributed by atoms with Gasteiger partial charge in [-0.25, -0.2) is 0 Å². The molecule has 2 atom stereocenters. The van der Waals surface area contributed by atoms with Crippen LogP contribution in [0.3, 0.4) is 0 Å². The highest BCUT2D eigenvalue weighted by atomic mass is 32.2. The van der Waals surface area contributed by atoms with E-state index in [9.17, 15) is 9.00 Å². The van der Waals surface area contributed by atoms with Gasteiger partial charge in [0.2, 0.25) is 0 Å². The van der Waals surface area contributed by atoms with Gasteiger partial charge >= 0.3 is 5.97 Å². The van der Waals surface area contributed by atoms with Crippen molar-refractivity contribution in [3.8, 4) is 0 Å². The number of aryl methyl sites for hydroxylation is 1. The van der Waals surface area contributed by atoms with E-state index < -0.39 is 22.0 Å². The summed E-state index contributed by atoms with van der Waals surface area (Å²) in [5.74, 6) is -0.965. The Morgan fingerprint density at radius 3 is 2.35 bits per heavy atom. The van der Waals surface area contributed by atoms with Gasteiger partial charge in [0.1, 0.15) is 5.25 Å². The van der Waals surface area contributed by atoms with Crippen LogP contribution < -0.4 is 0 Å². The Kier molecular flexibility index (Phi) is 5.35. The van der Waals surface area contributed by atoms with Crippen molar-refractivity contribution >= 4 is 16.8 Å². The van der Waals surface area contributed by atoms with Gasteiger partial charge in [-0.05, 0) is 18.4 Å². The van der Waals surface area contributed by atoms with Crippen LogP contribution in [0.15, 0.2) is 30.3 Å². The highest BCUT2D eigenvalue weighted by Gasteiger charge is 2.26. The van der Waals surface area contributed by atoms with Crippen LogP contribution in [0.1, 0.15) is 25.8 Å². The molecule has 0 heterocycles. The number of carboxylic acid groups (broad SMARTS) is 1. The van der Waals surface area contributed by atoms with Gasteiger partial charge in [0.15, 0.2) is 0 Å². The van der Waals surface area contributed by atoms with Crippen molar-refractivity contribution < 1.29 is 14.1 Å². The molecule has 1 N–H and O–H groups in total. The smallest absolute Gasteiger partial charge is 0.319 e. The Bertz CT molecular complexity index is 387. The van der Waals surface area contributed by atoms with Crippen LogP contribution in [0.4, 0.5) is 0 Å². The Balaban J connectivity index is 2.63. The minimum absolute atomic E-state index is 0.119. The molecule has 0 spiro atoms. The normalized spacial score (nSPS) is 14.5. The third kappa shape index (κ3) is 4.30. The largest absolute Gasteiger partial charge is 0.480 e. The first-order valence-corrected chi connectivity index (χ1v) is 6.96. The van der Waals surface area contributed by atoms with Gasteiger partial charge < -0.3 is 5.11 Å². The SMILES string of the molecule is CC(C)S(=O)C(CCc1ccccc1)C(=O)O. The maximum atomic E-state index is 11.8. The molecule has 4 heteroatoms. The summed E-state index contributed by atoms with van der Waals surface area (Å²) in [6.07, 6.45) is 1.07. The van der Waals surface area contributed by atoms with E-state index >= 15 is 0 Å². The zero-order valence-electron chi connectivity index (χ0n) is 10.1. The first kappa shape index (κ1) is 13.9. The van der Waals surface area contributed by atoms with Gasteiger partial charge in [0.25, 0.3) is 0 Å². The summed E-state index contributed by atoms with van der Waals surface area (Å²) in [5.41, 5.74) is 1.08. The monoisotopic (exact) mass is 254 g/mol. The fourth-order valence-corrected chi connectivity index (χ4v) is 2.82. The molecular weight excluding hydrogens is 236 g/mol. The second kappa shape index (κ2) is 6.55. The van der Waals surface area contributed by atoms with Gasteiger partial charge in [-0.1, -0.05) is 44.2 Å². The van der Waals surface area contributed by atoms with Gasteiger partial charge in [-0.3, -0.25) is 9.00 Å². The van der Waals surface area contributed by atoms with Crippen LogP contribution in [0.25, 0.3) is 0 Å². The summed E-state index contributed by atoms with van der Waals surface area (Å²) in [6, 6.07) is 9.67. The van der Waals surface area contributed by atoms with Gasteiger partial charge in [-0.2, -0.15) is 0 Å². The Morgan fingerprint density at radius 2 is 1.88 bits per heavy atom. The minimum atomic E-state index is -1.31. The molecule has 0 aliphatic heterocycles. The number of benzene rings is 1. The van der Waals surface area contributed by atoms with Crippen molar-refractivity contribution in [1.82, 2.24) is 0 Å². The van der Waals surface area contributed by atoms with Gasteiger partial charge in [0, 0.05) is 16.0 Å². The van der Waals surface area contributed by atoms with Crippen LogP contribution in [0.2, 0.25) is 0 Å². The quantitative estimate of drug-likeness (QED) is 0.847. The molecule has 17 heavy (non-hydrogen) atoms. The predicted molar refractivity (Wildman–Crippen MR) is 69.5 cm³/mol. The summed E-state index contributed by atoms with van der Waals surface area (Å²) in [4.78, 5) is 11.1. The Labute approximate surface area is 104 Å². The topological polar surface area (TPSA) is 54.4 Å². The summed E-state index contributed by atoms with van der Waals surface area (Å²) in [5, 5.41) is 8.19. The lowest BCUT2D eigenvalue weighted by atomic mass is 10.1. The average Bonchev–Trinajstić information content (AvgIpc) is 2.29. The van der Waals surface area contributed by atoms with E-state index in [-0.39, 0.29) is 5.25 Å². The van der Waals surface area contributed by atoms with E-state index in [2.05, 4.69) is 0 Å². The molecule has 0 aliphatic carbocycles. The van der Waals surface area contributed by atoms with E-state index in [1.165, 1.54) is 0 Å². The molecule has 0 radical (unpaired) electrons. The third-order valence-electron chi connectivity index (χ3n) is 2.56. The van der Waals surface area contributed by atoms with Crippen LogP contribution in [-0.4, -0.2) is 25.8 Å². The molecule has 1 aromatic carbocycles. The first-order chi connectivity index (χ1) is 8.02. The third-order valence-corrected chi connectivity index (χ3v) is 4.49. The Morgan fingerprint density at radius 1 is 1.29 bits per heavy atom. The Hall–Kier alpha value is -1.16. The summed E-state index contributed by atoms with van der Waals surface area (Å²) in [7, 11) is -1.31. The molecule has 2 unspecified atom stereocenters. The highest BCUT2D eigenvalue weighted by molar-refractivity contribution is 7.87. The van der Waals surface area contributed by atoms with Crippen molar-refractivity contribution in [2.24, 2.45) is 0 Å². The first-order valence-electron chi connectivity index (χ1n) is 5.68. The van der Waals surface area contributed by atoms with Crippen molar-refractivity contribution in [3.05, 3.63) is 35.9 Å². The zero-order chi connectivity index (χ0) is 12.8. The van der Waals surface area contributed by atoms with Crippen molar-refractivity contribution in [2.75, 3.05) is 0 Å². The van der Waals surface area contributed by atoms with Gasteiger partial charge in [0.05, 0.1) is 0 Å².